The highest BCUT2D eigenvalue weighted by Gasteiger charge is 2.26. The molecule has 16 heavy (non-hydrogen) atoms. The Hall–Kier alpha value is 0.780. The smallest absolute Gasteiger partial charge is 0.00508 e. The number of nitrogens with zero attached hydrogens (tertiary/aromatic N) is 2. The molecule has 0 amide bonds. The summed E-state index contributed by atoms with van der Waals surface area (Å²) in [5.74, 6) is 0. The van der Waals surface area contributed by atoms with Gasteiger partial charge in [0, 0.05) is 15.5 Å². The van der Waals surface area contributed by atoms with Gasteiger partial charge in [-0.1, -0.05) is 41.5 Å². The predicted molar refractivity (Wildman–Crippen MR) is 80.8 cm³/mol. The third kappa shape index (κ3) is 4.57. The van der Waals surface area contributed by atoms with E-state index >= 15 is 0 Å². The van der Waals surface area contributed by atoms with Gasteiger partial charge >= 0.3 is 0 Å². The van der Waals surface area contributed by atoms with E-state index in [1.165, 1.54) is 38.5 Å². The molecule has 0 aromatic carbocycles. The first kappa shape index (κ1) is 16.8. The quantitative estimate of drug-likeness (QED) is 0.569. The Kier molecular flexibility index (Phi) is 10.3. The Morgan fingerprint density at radius 2 is 0.812 bits per heavy atom. The van der Waals surface area contributed by atoms with E-state index in [2.05, 4.69) is 50.9 Å². The summed E-state index contributed by atoms with van der Waals surface area (Å²) >= 11 is 0. The van der Waals surface area contributed by atoms with Gasteiger partial charge in [0.1, 0.15) is 0 Å². The molecule has 0 aliphatic carbocycles. The third-order valence-electron chi connectivity index (χ3n) is 2.95. The van der Waals surface area contributed by atoms with E-state index in [1.807, 2.05) is 0 Å². The first-order valence-corrected chi connectivity index (χ1v) is 10.4. The Morgan fingerprint density at radius 1 is 0.562 bits per heavy atom. The summed E-state index contributed by atoms with van der Waals surface area (Å²) < 4.78 is 5.42. The van der Waals surface area contributed by atoms with Crippen LogP contribution in [0.2, 0.25) is 0 Å². The lowest BCUT2D eigenvalue weighted by Crippen LogP contribution is -2.23. The van der Waals surface area contributed by atoms with Crippen molar-refractivity contribution in [3.05, 3.63) is 0 Å². The van der Waals surface area contributed by atoms with Crippen molar-refractivity contribution in [1.82, 2.24) is 9.34 Å². The van der Waals surface area contributed by atoms with Gasteiger partial charge in [0.2, 0.25) is 0 Å². The highest BCUT2D eigenvalue weighted by atomic mass is 32.1. The van der Waals surface area contributed by atoms with Gasteiger partial charge in [0.25, 0.3) is 0 Å². The Bertz CT molecular complexity index is 141. The van der Waals surface area contributed by atoms with Crippen LogP contribution in [0.25, 0.3) is 0 Å². The van der Waals surface area contributed by atoms with E-state index in [0.717, 1.165) is 0 Å². The van der Waals surface area contributed by atoms with Crippen molar-refractivity contribution in [1.29, 1.82) is 0 Å². The molecule has 0 aliphatic heterocycles. The Morgan fingerprint density at radius 3 is 0.938 bits per heavy atom. The molecule has 0 radical (unpaired) electrons. The minimum Gasteiger partial charge on any atom is -0.278 e. The normalized spacial score (nSPS) is 15.8. The molecule has 4 heteroatoms. The van der Waals surface area contributed by atoms with Crippen LogP contribution in [0.5, 0.6) is 0 Å². The lowest BCUT2D eigenvalue weighted by Gasteiger charge is -2.40. The molecule has 0 spiro atoms. The summed E-state index contributed by atoms with van der Waals surface area (Å²) in [5.41, 5.74) is 0. The summed E-state index contributed by atoms with van der Waals surface area (Å²) in [6, 6.07) is 0. The second kappa shape index (κ2) is 9.77. The molecule has 2 unspecified atom stereocenters. The molecule has 2 nitrogen and oxygen atoms in total. The highest BCUT2D eigenvalue weighted by molar-refractivity contribution is 8.27. The van der Waals surface area contributed by atoms with Crippen LogP contribution in [-0.2, 0) is 0 Å². The molecule has 0 saturated carbocycles. The fraction of sp³-hybridized carbons (Fsp3) is 1.00. The fourth-order valence-electron chi connectivity index (χ4n) is 2.12. The zero-order valence-corrected chi connectivity index (χ0v) is 13.8. The van der Waals surface area contributed by atoms with Crippen LogP contribution in [-0.4, -0.2) is 47.8 Å². The van der Waals surface area contributed by atoms with Crippen LogP contribution in [0.4, 0.5) is 0 Å². The third-order valence-corrected chi connectivity index (χ3v) is 11.9. The molecule has 0 rings (SSSR count). The number of hydrogen-bond acceptors (Lipinski definition) is 2. The zero-order valence-electron chi connectivity index (χ0n) is 12.0. The molecule has 98 valence electrons. The van der Waals surface area contributed by atoms with Crippen LogP contribution in [0, 0.1) is 0 Å². The summed E-state index contributed by atoms with van der Waals surface area (Å²) in [6.07, 6.45) is 2.71. The van der Waals surface area contributed by atoms with Crippen molar-refractivity contribution >= 4 is 15.5 Å². The average molecular weight is 264 g/mol. The van der Waals surface area contributed by atoms with Crippen LogP contribution >= 0.6 is 15.5 Å². The first-order chi connectivity index (χ1) is 7.69. The summed E-state index contributed by atoms with van der Waals surface area (Å²) in [6.45, 7) is 18.8. The van der Waals surface area contributed by atoms with E-state index in [4.69, 9.17) is 0 Å². The molecule has 0 saturated heterocycles. The van der Waals surface area contributed by atoms with Gasteiger partial charge in [-0.15, -0.1) is 0 Å². The maximum absolute atomic E-state index is 2.71. The topological polar surface area (TPSA) is 6.48 Å². The second-order valence-corrected chi connectivity index (χ2v) is 10.3. The van der Waals surface area contributed by atoms with Crippen molar-refractivity contribution in [2.24, 2.45) is 0 Å². The van der Waals surface area contributed by atoms with Gasteiger partial charge < -0.3 is 0 Å². The lowest BCUT2D eigenvalue weighted by molar-refractivity contribution is 0.497. The van der Waals surface area contributed by atoms with Crippen molar-refractivity contribution in [3.8, 4) is 0 Å². The monoisotopic (exact) mass is 264 g/mol. The van der Waals surface area contributed by atoms with Crippen LogP contribution in [0.1, 0.15) is 41.5 Å². The molecular weight excluding hydrogens is 234 g/mol. The predicted octanol–water partition coefficient (Wildman–Crippen LogP) is 4.42. The van der Waals surface area contributed by atoms with Crippen LogP contribution < -0.4 is 0 Å². The van der Waals surface area contributed by atoms with Gasteiger partial charge in [-0.3, -0.25) is 9.34 Å². The van der Waals surface area contributed by atoms with E-state index in [0.29, 0.717) is 0 Å². The molecule has 0 aliphatic rings. The maximum Gasteiger partial charge on any atom is 0.00508 e. The molecule has 0 bridgehead atoms. The van der Waals surface area contributed by atoms with E-state index in [1.54, 1.807) is 0 Å². The average Bonchev–Trinajstić information content (AvgIpc) is 2.33. The van der Waals surface area contributed by atoms with Crippen molar-refractivity contribution < 1.29 is 0 Å². The number of hydrogen-bond donors (Lipinski definition) is 0. The van der Waals surface area contributed by atoms with Gasteiger partial charge in [0.05, 0.1) is 0 Å². The Labute approximate surface area is 105 Å². The molecule has 0 heterocycles. The van der Waals surface area contributed by atoms with Crippen LogP contribution in [0.3, 0.4) is 0 Å². The summed E-state index contributed by atoms with van der Waals surface area (Å²) in [4.78, 5) is 0. The highest BCUT2D eigenvalue weighted by Crippen LogP contribution is 2.71. The summed E-state index contributed by atoms with van der Waals surface area (Å²) in [7, 11) is 0.175. The van der Waals surface area contributed by atoms with Gasteiger partial charge in [-0.05, 0) is 38.5 Å². The minimum atomic E-state index is 0.0874. The molecule has 2 atom stereocenters. The van der Waals surface area contributed by atoms with Crippen LogP contribution in [0.15, 0.2) is 0 Å². The van der Waals surface area contributed by atoms with Crippen molar-refractivity contribution in [3.63, 3.8) is 0 Å². The Balaban J connectivity index is 4.71. The SMILES string of the molecule is CCN(CC)P(CC)P(CC)N(CC)CC. The van der Waals surface area contributed by atoms with Gasteiger partial charge in [-0.25, -0.2) is 0 Å². The molecule has 0 aromatic heterocycles. The first-order valence-electron chi connectivity index (χ1n) is 6.74. The van der Waals surface area contributed by atoms with Crippen molar-refractivity contribution in [2.45, 2.75) is 41.5 Å². The van der Waals surface area contributed by atoms with E-state index in [9.17, 15) is 0 Å². The largest absolute Gasteiger partial charge is 0.278 e. The van der Waals surface area contributed by atoms with E-state index < -0.39 is 0 Å². The molecule has 0 aromatic rings. The summed E-state index contributed by atoms with van der Waals surface area (Å²) in [5, 5.41) is 0. The maximum atomic E-state index is 2.71. The standard InChI is InChI=1S/C12H30N2P2/c1-7-13(8-2)15(11-5)16(12-6)14(9-3)10-4/h7-12H2,1-6H3. The van der Waals surface area contributed by atoms with Crippen molar-refractivity contribution in [2.75, 3.05) is 38.5 Å². The molecular formula is C12H30N2P2. The fourth-order valence-corrected chi connectivity index (χ4v) is 10.7. The second-order valence-electron chi connectivity index (χ2n) is 3.65. The van der Waals surface area contributed by atoms with E-state index in [-0.39, 0.29) is 15.5 Å². The molecule has 0 N–H and O–H groups in total. The number of rotatable bonds is 9. The van der Waals surface area contributed by atoms with Gasteiger partial charge in [0.15, 0.2) is 0 Å². The minimum absolute atomic E-state index is 0.0874. The van der Waals surface area contributed by atoms with Gasteiger partial charge in [-0.2, -0.15) is 0 Å². The molecule has 0 fully saturated rings. The lowest BCUT2D eigenvalue weighted by atomic mass is 10.7. The zero-order chi connectivity index (χ0) is 12.6.